The average Bonchev–Trinajstić information content (AvgIpc) is 2.19. The third kappa shape index (κ3) is 4.50. The number of halogens is 7. The summed E-state index contributed by atoms with van der Waals surface area (Å²) in [4.78, 5) is -1.76. The molecule has 0 amide bonds. The van der Waals surface area contributed by atoms with Gasteiger partial charge in [0.1, 0.15) is 17.2 Å². The van der Waals surface area contributed by atoms with E-state index in [0.717, 1.165) is 0 Å². The highest BCUT2D eigenvalue weighted by atomic mass is 79.9. The van der Waals surface area contributed by atoms with Gasteiger partial charge in [-0.05, 0) is 22.0 Å². The Labute approximate surface area is 122 Å². The number of hydrogen-bond donors (Lipinski definition) is 0. The fraction of sp³-hybridized carbons (Fsp3) is 0.333. The fourth-order valence-electron chi connectivity index (χ4n) is 0.872. The monoisotopic (exact) mass is 414 g/mol. The fourth-order valence-corrected chi connectivity index (χ4v) is 1.85. The topological polar surface area (TPSA) is 9.23 Å². The van der Waals surface area contributed by atoms with Crippen LogP contribution in [0.4, 0.5) is 13.2 Å². The van der Waals surface area contributed by atoms with Crippen LogP contribution in [0.2, 0.25) is 10.0 Å². The highest BCUT2D eigenvalue weighted by molar-refractivity contribution is 9.10. The Bertz CT molecular complexity index is 412. The first-order valence-corrected chi connectivity index (χ1v) is 6.66. The summed E-state index contributed by atoms with van der Waals surface area (Å²) in [5.74, 6) is 0.105. The van der Waals surface area contributed by atoms with E-state index in [1.54, 1.807) is 0 Å². The molecule has 96 valence electrons. The molecule has 1 nitrogen and oxygen atoms in total. The van der Waals surface area contributed by atoms with Gasteiger partial charge in [-0.2, -0.15) is 13.2 Å². The third-order valence-electron chi connectivity index (χ3n) is 1.72. The molecule has 0 N–H and O–H groups in total. The number of alkyl halides is 4. The zero-order chi connectivity index (χ0) is 13.2. The van der Waals surface area contributed by atoms with Crippen molar-refractivity contribution in [2.75, 3.05) is 6.61 Å². The first kappa shape index (κ1) is 15.4. The van der Waals surface area contributed by atoms with Crippen LogP contribution < -0.4 is 4.74 Å². The summed E-state index contributed by atoms with van der Waals surface area (Å²) >= 11 is 17.2. The lowest BCUT2D eigenvalue weighted by Gasteiger charge is -2.15. The molecule has 0 aliphatic heterocycles. The van der Waals surface area contributed by atoms with Gasteiger partial charge >= 0.3 is 6.18 Å². The van der Waals surface area contributed by atoms with Crippen LogP contribution in [0.3, 0.4) is 0 Å². The summed E-state index contributed by atoms with van der Waals surface area (Å²) in [7, 11) is 0. The predicted octanol–water partition coefficient (Wildman–Crippen LogP) is 5.46. The molecular weight excluding hydrogens is 412 g/mol. The second kappa shape index (κ2) is 5.99. The van der Waals surface area contributed by atoms with E-state index in [1.807, 2.05) is 0 Å². The number of hydrogen-bond acceptors (Lipinski definition) is 1. The van der Waals surface area contributed by atoms with Gasteiger partial charge in [0.25, 0.3) is 0 Å². The maximum absolute atomic E-state index is 12.2. The van der Waals surface area contributed by atoms with Crippen LogP contribution in [0.25, 0.3) is 0 Å². The van der Waals surface area contributed by atoms with Crippen molar-refractivity contribution in [3.63, 3.8) is 0 Å². The SMILES string of the molecule is FC(F)(F)C(Br)COc1cc(Cl)c(Br)cc1Cl. The van der Waals surface area contributed by atoms with E-state index in [0.29, 0.717) is 9.50 Å². The Kier molecular flexibility index (Phi) is 5.43. The van der Waals surface area contributed by atoms with Gasteiger partial charge < -0.3 is 4.74 Å². The van der Waals surface area contributed by atoms with Gasteiger partial charge in [-0.3, -0.25) is 0 Å². The van der Waals surface area contributed by atoms with Gasteiger partial charge in [0, 0.05) is 10.5 Å². The van der Waals surface area contributed by atoms with Crippen LogP contribution >= 0.6 is 55.1 Å². The molecule has 0 saturated carbocycles. The molecule has 0 heterocycles. The number of benzene rings is 1. The molecule has 0 spiro atoms. The van der Waals surface area contributed by atoms with Gasteiger partial charge in [-0.15, -0.1) is 0 Å². The molecule has 1 aromatic rings. The first-order valence-electron chi connectivity index (χ1n) is 4.20. The molecule has 1 rings (SSSR count). The van der Waals surface area contributed by atoms with E-state index in [9.17, 15) is 13.2 Å². The van der Waals surface area contributed by atoms with Crippen LogP contribution in [0.1, 0.15) is 0 Å². The molecule has 1 unspecified atom stereocenters. The van der Waals surface area contributed by atoms with Gasteiger partial charge in [0.2, 0.25) is 0 Å². The van der Waals surface area contributed by atoms with Crippen molar-refractivity contribution >= 4 is 55.1 Å². The van der Waals surface area contributed by atoms with Crippen molar-refractivity contribution in [3.8, 4) is 5.75 Å². The Morgan fingerprint density at radius 2 is 1.82 bits per heavy atom. The van der Waals surface area contributed by atoms with E-state index in [-0.39, 0.29) is 10.8 Å². The lowest BCUT2D eigenvalue weighted by Crippen LogP contribution is -2.28. The zero-order valence-corrected chi connectivity index (χ0v) is 12.7. The van der Waals surface area contributed by atoms with Crippen molar-refractivity contribution in [2.24, 2.45) is 0 Å². The van der Waals surface area contributed by atoms with Gasteiger partial charge in [-0.25, -0.2) is 0 Å². The normalized spacial score (nSPS) is 13.6. The molecular formula is C9H5Br2Cl2F3O. The Morgan fingerprint density at radius 3 is 2.35 bits per heavy atom. The maximum atomic E-state index is 12.2. The van der Waals surface area contributed by atoms with Crippen LogP contribution in [-0.4, -0.2) is 17.6 Å². The van der Waals surface area contributed by atoms with E-state index in [4.69, 9.17) is 27.9 Å². The quantitative estimate of drug-likeness (QED) is 0.469. The molecule has 1 aromatic carbocycles. The molecule has 17 heavy (non-hydrogen) atoms. The van der Waals surface area contributed by atoms with E-state index in [2.05, 4.69) is 31.9 Å². The summed E-state index contributed by atoms with van der Waals surface area (Å²) in [6, 6.07) is 2.81. The van der Waals surface area contributed by atoms with Crippen molar-refractivity contribution in [1.82, 2.24) is 0 Å². The van der Waals surface area contributed by atoms with Crippen molar-refractivity contribution < 1.29 is 17.9 Å². The van der Waals surface area contributed by atoms with Crippen LogP contribution in [0.5, 0.6) is 5.75 Å². The van der Waals surface area contributed by atoms with Crippen LogP contribution in [0.15, 0.2) is 16.6 Å². The minimum Gasteiger partial charge on any atom is -0.490 e. The molecule has 0 aliphatic carbocycles. The average molecular weight is 417 g/mol. The largest absolute Gasteiger partial charge is 0.490 e. The smallest absolute Gasteiger partial charge is 0.404 e. The van der Waals surface area contributed by atoms with Gasteiger partial charge in [-0.1, -0.05) is 39.1 Å². The summed E-state index contributed by atoms with van der Waals surface area (Å²) in [6.07, 6.45) is -4.37. The van der Waals surface area contributed by atoms with Crippen molar-refractivity contribution in [2.45, 2.75) is 11.0 Å². The standard InChI is InChI=1S/C9H5Br2Cl2F3O/c10-4-1-6(13)7(2-5(4)12)17-3-8(11)9(14,15)16/h1-2,8H,3H2. The van der Waals surface area contributed by atoms with E-state index >= 15 is 0 Å². The lowest BCUT2D eigenvalue weighted by atomic mass is 10.3. The molecule has 0 saturated heterocycles. The van der Waals surface area contributed by atoms with Gasteiger partial charge in [0.05, 0.1) is 10.0 Å². The van der Waals surface area contributed by atoms with Crippen LogP contribution in [-0.2, 0) is 0 Å². The van der Waals surface area contributed by atoms with Gasteiger partial charge in [0.15, 0.2) is 0 Å². The molecule has 0 aliphatic rings. The Balaban J connectivity index is 2.73. The zero-order valence-electron chi connectivity index (χ0n) is 7.99. The summed E-state index contributed by atoms with van der Waals surface area (Å²) in [5, 5.41) is 0.491. The van der Waals surface area contributed by atoms with E-state index in [1.165, 1.54) is 12.1 Å². The molecule has 0 radical (unpaired) electrons. The molecule has 0 bridgehead atoms. The highest BCUT2D eigenvalue weighted by Crippen LogP contribution is 2.35. The molecule has 8 heteroatoms. The molecule has 1 atom stereocenters. The van der Waals surface area contributed by atoms with Crippen molar-refractivity contribution in [3.05, 3.63) is 26.7 Å². The van der Waals surface area contributed by atoms with Crippen LogP contribution in [0, 0.1) is 0 Å². The summed E-state index contributed by atoms with van der Waals surface area (Å²) in [5.41, 5.74) is 0. The minimum absolute atomic E-state index is 0.105. The Morgan fingerprint density at radius 1 is 1.24 bits per heavy atom. The lowest BCUT2D eigenvalue weighted by molar-refractivity contribution is -0.132. The van der Waals surface area contributed by atoms with E-state index < -0.39 is 17.6 Å². The van der Waals surface area contributed by atoms with Crippen molar-refractivity contribution in [1.29, 1.82) is 0 Å². The molecule has 0 aromatic heterocycles. The summed E-state index contributed by atoms with van der Waals surface area (Å²) in [6.45, 7) is -0.582. The second-order valence-corrected chi connectivity index (χ2v) is 5.79. The predicted molar refractivity (Wildman–Crippen MR) is 68.4 cm³/mol. The molecule has 0 fully saturated rings. The number of ether oxygens (including phenoxy) is 1. The summed E-state index contributed by atoms with van der Waals surface area (Å²) < 4.78 is 42.1. The maximum Gasteiger partial charge on any atom is 0.404 e. The third-order valence-corrected chi connectivity index (χ3v) is 3.99. The minimum atomic E-state index is -4.37. The second-order valence-electron chi connectivity index (χ2n) is 3.02. The first-order chi connectivity index (χ1) is 7.71. The highest BCUT2D eigenvalue weighted by Gasteiger charge is 2.38. The Hall–Kier alpha value is 0.350. The number of rotatable bonds is 3.